The van der Waals surface area contributed by atoms with E-state index in [2.05, 4.69) is 17.2 Å². The van der Waals surface area contributed by atoms with Gasteiger partial charge in [-0.15, -0.1) is 0 Å². The molecule has 0 spiro atoms. The molecule has 1 N–H and O–H groups in total. The minimum atomic E-state index is 0.743. The molecule has 0 aromatic carbocycles. The molecule has 0 aliphatic heterocycles. The molecular formula is C10H19N3O. The lowest BCUT2D eigenvalue weighted by Crippen LogP contribution is -2.12. The second-order valence-electron chi connectivity index (χ2n) is 3.25. The predicted octanol–water partition coefficient (Wildman–Crippen LogP) is 1.65. The molecule has 0 aliphatic carbocycles. The van der Waals surface area contributed by atoms with Crippen LogP contribution in [0.2, 0.25) is 0 Å². The molecule has 0 atom stereocenters. The standard InChI is InChI=1S/C10H19N3O/c1-3-4-8-14-9-6-12-10-11-5-7-13(10)2/h5,7H,3-4,6,8-9H2,1-2H3,(H,11,12). The van der Waals surface area contributed by atoms with Crippen molar-refractivity contribution in [1.82, 2.24) is 9.55 Å². The average Bonchev–Trinajstić information content (AvgIpc) is 2.58. The fourth-order valence-corrected chi connectivity index (χ4v) is 1.12. The maximum Gasteiger partial charge on any atom is 0.202 e. The first-order chi connectivity index (χ1) is 6.84. The minimum Gasteiger partial charge on any atom is -0.380 e. The van der Waals surface area contributed by atoms with Gasteiger partial charge in [0.1, 0.15) is 0 Å². The molecule has 4 nitrogen and oxygen atoms in total. The first kappa shape index (κ1) is 11.0. The maximum absolute atomic E-state index is 5.41. The summed E-state index contributed by atoms with van der Waals surface area (Å²) >= 11 is 0. The van der Waals surface area contributed by atoms with E-state index in [1.807, 2.05) is 17.8 Å². The summed E-state index contributed by atoms with van der Waals surface area (Å²) in [6, 6.07) is 0. The zero-order chi connectivity index (χ0) is 10.2. The van der Waals surface area contributed by atoms with E-state index in [-0.39, 0.29) is 0 Å². The Hall–Kier alpha value is -1.03. The van der Waals surface area contributed by atoms with Crippen molar-refractivity contribution in [3.63, 3.8) is 0 Å². The first-order valence-corrected chi connectivity index (χ1v) is 5.13. The predicted molar refractivity (Wildman–Crippen MR) is 57.4 cm³/mol. The molecule has 0 unspecified atom stereocenters. The normalized spacial score (nSPS) is 10.4. The van der Waals surface area contributed by atoms with E-state index in [0.29, 0.717) is 0 Å². The van der Waals surface area contributed by atoms with Crippen LogP contribution in [0.5, 0.6) is 0 Å². The lowest BCUT2D eigenvalue weighted by molar-refractivity contribution is 0.141. The highest BCUT2D eigenvalue weighted by atomic mass is 16.5. The van der Waals surface area contributed by atoms with Gasteiger partial charge in [-0.3, -0.25) is 0 Å². The van der Waals surface area contributed by atoms with Gasteiger partial charge in [0.25, 0.3) is 0 Å². The largest absolute Gasteiger partial charge is 0.380 e. The van der Waals surface area contributed by atoms with Crippen molar-refractivity contribution < 1.29 is 4.74 Å². The summed E-state index contributed by atoms with van der Waals surface area (Å²) in [5.74, 6) is 0.893. The number of imidazole rings is 1. The fraction of sp³-hybridized carbons (Fsp3) is 0.700. The number of nitrogens with one attached hydrogen (secondary N) is 1. The molecule has 0 saturated carbocycles. The van der Waals surface area contributed by atoms with Crippen molar-refractivity contribution in [3.05, 3.63) is 12.4 Å². The van der Waals surface area contributed by atoms with Crippen LogP contribution >= 0.6 is 0 Å². The fourth-order valence-electron chi connectivity index (χ4n) is 1.12. The van der Waals surface area contributed by atoms with Gasteiger partial charge in [0, 0.05) is 32.6 Å². The summed E-state index contributed by atoms with van der Waals surface area (Å²) in [4.78, 5) is 4.15. The lowest BCUT2D eigenvalue weighted by atomic mass is 10.4. The summed E-state index contributed by atoms with van der Waals surface area (Å²) in [5, 5.41) is 3.20. The molecule has 0 bridgehead atoms. The third kappa shape index (κ3) is 3.79. The van der Waals surface area contributed by atoms with Gasteiger partial charge in [-0.25, -0.2) is 4.98 Å². The quantitative estimate of drug-likeness (QED) is 0.675. The zero-order valence-electron chi connectivity index (χ0n) is 8.99. The zero-order valence-corrected chi connectivity index (χ0v) is 8.99. The Balaban J connectivity index is 2.02. The molecule has 0 saturated heterocycles. The Kier molecular flexibility index (Phi) is 5.07. The number of unbranched alkanes of at least 4 members (excludes halogenated alkanes) is 1. The van der Waals surface area contributed by atoms with Crippen LogP contribution in [0.15, 0.2) is 12.4 Å². The van der Waals surface area contributed by atoms with E-state index in [1.165, 1.54) is 6.42 Å². The molecule has 0 fully saturated rings. The Morgan fingerprint density at radius 3 is 3.00 bits per heavy atom. The highest BCUT2D eigenvalue weighted by Crippen LogP contribution is 1.99. The highest BCUT2D eigenvalue weighted by Gasteiger charge is 1.95. The van der Waals surface area contributed by atoms with E-state index in [0.717, 1.165) is 32.1 Å². The summed E-state index contributed by atoms with van der Waals surface area (Å²) in [6.07, 6.45) is 6.02. The summed E-state index contributed by atoms with van der Waals surface area (Å²) < 4.78 is 7.36. The summed E-state index contributed by atoms with van der Waals surface area (Å²) in [5.41, 5.74) is 0. The van der Waals surface area contributed by atoms with Gasteiger partial charge in [0.05, 0.1) is 6.61 Å². The molecule has 1 aromatic heterocycles. The van der Waals surface area contributed by atoms with Crippen LogP contribution in [-0.4, -0.2) is 29.3 Å². The van der Waals surface area contributed by atoms with Crippen molar-refractivity contribution in [2.75, 3.05) is 25.1 Å². The topological polar surface area (TPSA) is 39.1 Å². The van der Waals surface area contributed by atoms with E-state index >= 15 is 0 Å². The van der Waals surface area contributed by atoms with Crippen LogP contribution in [0.4, 0.5) is 5.95 Å². The molecule has 1 aromatic rings. The van der Waals surface area contributed by atoms with Crippen LogP contribution in [0, 0.1) is 0 Å². The van der Waals surface area contributed by atoms with Crippen LogP contribution in [0.3, 0.4) is 0 Å². The summed E-state index contributed by atoms with van der Waals surface area (Å²) in [6.45, 7) is 4.58. The lowest BCUT2D eigenvalue weighted by Gasteiger charge is -2.06. The minimum absolute atomic E-state index is 0.743. The van der Waals surface area contributed by atoms with Gasteiger partial charge in [0.15, 0.2) is 0 Å². The van der Waals surface area contributed by atoms with Crippen LogP contribution in [0.1, 0.15) is 19.8 Å². The molecule has 0 aliphatic rings. The molecule has 1 rings (SSSR count). The van der Waals surface area contributed by atoms with Crippen LogP contribution in [0.25, 0.3) is 0 Å². The highest BCUT2D eigenvalue weighted by molar-refractivity contribution is 5.24. The number of anilines is 1. The molecular weight excluding hydrogens is 178 g/mol. The van der Waals surface area contributed by atoms with Gasteiger partial charge < -0.3 is 14.6 Å². The second-order valence-corrected chi connectivity index (χ2v) is 3.25. The van der Waals surface area contributed by atoms with E-state index in [9.17, 15) is 0 Å². The number of aromatic nitrogens is 2. The van der Waals surface area contributed by atoms with E-state index in [4.69, 9.17) is 4.74 Å². The second kappa shape index (κ2) is 6.43. The number of rotatable bonds is 7. The van der Waals surface area contributed by atoms with Crippen molar-refractivity contribution in [2.24, 2.45) is 7.05 Å². The molecule has 1 heterocycles. The van der Waals surface area contributed by atoms with Crippen molar-refractivity contribution >= 4 is 5.95 Å². The van der Waals surface area contributed by atoms with Crippen LogP contribution < -0.4 is 5.32 Å². The first-order valence-electron chi connectivity index (χ1n) is 5.13. The Morgan fingerprint density at radius 2 is 2.36 bits per heavy atom. The molecule has 0 radical (unpaired) electrons. The molecule has 80 valence electrons. The third-order valence-corrected chi connectivity index (χ3v) is 1.99. The Morgan fingerprint density at radius 1 is 1.50 bits per heavy atom. The van der Waals surface area contributed by atoms with Crippen LogP contribution in [-0.2, 0) is 11.8 Å². The maximum atomic E-state index is 5.41. The number of nitrogens with zero attached hydrogens (tertiary/aromatic N) is 2. The SMILES string of the molecule is CCCCOCCNc1nccn1C. The number of hydrogen-bond acceptors (Lipinski definition) is 3. The number of ether oxygens (including phenoxy) is 1. The van der Waals surface area contributed by atoms with E-state index in [1.54, 1.807) is 6.20 Å². The van der Waals surface area contributed by atoms with Gasteiger partial charge in [-0.1, -0.05) is 13.3 Å². The smallest absolute Gasteiger partial charge is 0.202 e. The van der Waals surface area contributed by atoms with Gasteiger partial charge >= 0.3 is 0 Å². The van der Waals surface area contributed by atoms with Crippen molar-refractivity contribution in [1.29, 1.82) is 0 Å². The third-order valence-electron chi connectivity index (χ3n) is 1.99. The van der Waals surface area contributed by atoms with Crippen molar-refractivity contribution in [2.45, 2.75) is 19.8 Å². The molecule has 4 heteroatoms. The number of aryl methyl sites for hydroxylation is 1. The summed E-state index contributed by atoms with van der Waals surface area (Å²) in [7, 11) is 1.97. The molecule has 0 amide bonds. The monoisotopic (exact) mass is 197 g/mol. The molecule has 14 heavy (non-hydrogen) atoms. The van der Waals surface area contributed by atoms with E-state index < -0.39 is 0 Å². The Labute approximate surface area is 85.3 Å². The Bertz CT molecular complexity index is 247. The average molecular weight is 197 g/mol. The van der Waals surface area contributed by atoms with Gasteiger partial charge in [-0.05, 0) is 6.42 Å². The van der Waals surface area contributed by atoms with Gasteiger partial charge in [0.2, 0.25) is 5.95 Å². The van der Waals surface area contributed by atoms with Gasteiger partial charge in [-0.2, -0.15) is 0 Å². The van der Waals surface area contributed by atoms with Crippen molar-refractivity contribution in [3.8, 4) is 0 Å². The number of hydrogen-bond donors (Lipinski definition) is 1.